The molecule has 0 heterocycles. The van der Waals surface area contributed by atoms with Crippen molar-refractivity contribution in [3.8, 4) is 0 Å². The van der Waals surface area contributed by atoms with Gasteiger partial charge < -0.3 is 15.4 Å². The van der Waals surface area contributed by atoms with Crippen LogP contribution in [-0.2, 0) is 9.53 Å². The van der Waals surface area contributed by atoms with E-state index in [2.05, 4.69) is 0 Å². The second-order valence-electron chi connectivity index (χ2n) is 5.32. The molecule has 0 saturated carbocycles. The van der Waals surface area contributed by atoms with E-state index in [0.29, 0.717) is 19.5 Å². The minimum absolute atomic E-state index is 0.0130. The largest absolute Gasteiger partial charge is 0.369 e. The van der Waals surface area contributed by atoms with Crippen LogP contribution in [0, 0.1) is 5.41 Å². The maximum Gasteiger partial charge on any atom is 0.254 e. The van der Waals surface area contributed by atoms with E-state index in [1.165, 1.54) is 0 Å². The predicted molar refractivity (Wildman–Crippen MR) is 66.2 cm³/mol. The lowest BCUT2D eigenvalue weighted by molar-refractivity contribution is -0.153. The zero-order valence-corrected chi connectivity index (χ0v) is 11.5. The molecule has 0 fully saturated rings. The van der Waals surface area contributed by atoms with Gasteiger partial charge in [-0.25, -0.2) is 0 Å². The topological polar surface area (TPSA) is 55.6 Å². The summed E-state index contributed by atoms with van der Waals surface area (Å²) in [4.78, 5) is 13.9. The highest BCUT2D eigenvalue weighted by molar-refractivity contribution is 5.84. The fourth-order valence-corrected chi connectivity index (χ4v) is 1.57. The number of ether oxygens (including phenoxy) is 1. The van der Waals surface area contributed by atoms with E-state index in [1.54, 1.807) is 19.1 Å². The van der Waals surface area contributed by atoms with Crippen LogP contribution in [0.3, 0.4) is 0 Å². The molecule has 0 spiro atoms. The molecule has 0 aromatic heterocycles. The number of methoxy groups -OCH3 is 1. The van der Waals surface area contributed by atoms with Crippen LogP contribution in [0.15, 0.2) is 0 Å². The van der Waals surface area contributed by atoms with E-state index in [4.69, 9.17) is 10.5 Å². The van der Waals surface area contributed by atoms with Gasteiger partial charge in [-0.2, -0.15) is 0 Å². The van der Waals surface area contributed by atoms with Crippen molar-refractivity contribution in [2.45, 2.75) is 39.7 Å². The zero-order chi connectivity index (χ0) is 13.0. The molecule has 0 rings (SSSR count). The Bertz CT molecular complexity index is 235. The van der Waals surface area contributed by atoms with Crippen LogP contribution in [0.4, 0.5) is 0 Å². The van der Waals surface area contributed by atoms with Crippen molar-refractivity contribution in [2.24, 2.45) is 11.1 Å². The van der Waals surface area contributed by atoms with Crippen LogP contribution in [0.2, 0.25) is 0 Å². The van der Waals surface area contributed by atoms with Gasteiger partial charge in [0.15, 0.2) is 0 Å². The van der Waals surface area contributed by atoms with E-state index in [0.717, 1.165) is 0 Å². The minimum Gasteiger partial charge on any atom is -0.369 e. The van der Waals surface area contributed by atoms with Crippen molar-refractivity contribution in [2.75, 3.05) is 27.2 Å². The predicted octanol–water partition coefficient (Wildman–Crippen LogP) is 1.24. The van der Waals surface area contributed by atoms with E-state index in [1.807, 2.05) is 27.7 Å². The highest BCUT2D eigenvalue weighted by Gasteiger charge is 2.35. The third-order valence-corrected chi connectivity index (χ3v) is 3.14. The van der Waals surface area contributed by atoms with E-state index in [9.17, 15) is 4.79 Å². The fourth-order valence-electron chi connectivity index (χ4n) is 1.57. The summed E-state index contributed by atoms with van der Waals surface area (Å²) in [7, 11) is 3.37. The lowest BCUT2D eigenvalue weighted by Crippen LogP contribution is -2.50. The van der Waals surface area contributed by atoms with Crippen LogP contribution < -0.4 is 5.73 Å². The van der Waals surface area contributed by atoms with Crippen molar-refractivity contribution in [3.05, 3.63) is 0 Å². The second-order valence-corrected chi connectivity index (χ2v) is 5.32. The molecule has 1 atom stereocenters. The molecule has 0 saturated heterocycles. The molecule has 1 amide bonds. The van der Waals surface area contributed by atoms with Gasteiger partial charge in [0.25, 0.3) is 5.91 Å². The maximum absolute atomic E-state index is 12.2. The molecule has 1 unspecified atom stereocenters. The van der Waals surface area contributed by atoms with Crippen molar-refractivity contribution in [3.63, 3.8) is 0 Å². The molecule has 0 aliphatic rings. The number of nitrogens with zero attached hydrogens (tertiary/aromatic N) is 1. The van der Waals surface area contributed by atoms with Crippen molar-refractivity contribution in [1.29, 1.82) is 0 Å². The molecule has 0 radical (unpaired) electrons. The van der Waals surface area contributed by atoms with Gasteiger partial charge in [-0.1, -0.05) is 20.8 Å². The molecule has 0 aliphatic heterocycles. The Hall–Kier alpha value is -0.610. The summed E-state index contributed by atoms with van der Waals surface area (Å²) < 4.78 is 5.30. The quantitative estimate of drug-likeness (QED) is 0.747. The van der Waals surface area contributed by atoms with Crippen LogP contribution in [-0.4, -0.2) is 43.7 Å². The summed E-state index contributed by atoms with van der Waals surface area (Å²) >= 11 is 0. The average Bonchev–Trinajstić information content (AvgIpc) is 2.26. The number of carbonyl (C=O) groups is 1. The van der Waals surface area contributed by atoms with Gasteiger partial charge in [-0.3, -0.25) is 4.79 Å². The third-order valence-electron chi connectivity index (χ3n) is 3.14. The highest BCUT2D eigenvalue weighted by Crippen LogP contribution is 2.20. The lowest BCUT2D eigenvalue weighted by Gasteiger charge is -2.35. The molecule has 2 N–H and O–H groups in total. The first-order valence-electron chi connectivity index (χ1n) is 5.73. The van der Waals surface area contributed by atoms with Gasteiger partial charge in [-0.15, -0.1) is 0 Å². The third kappa shape index (κ3) is 3.76. The van der Waals surface area contributed by atoms with Crippen molar-refractivity contribution < 1.29 is 9.53 Å². The van der Waals surface area contributed by atoms with Gasteiger partial charge in [0.1, 0.15) is 5.60 Å². The average molecular weight is 230 g/mol. The first kappa shape index (κ1) is 15.4. The van der Waals surface area contributed by atoms with Gasteiger partial charge in [-0.05, 0) is 25.3 Å². The summed E-state index contributed by atoms with van der Waals surface area (Å²) in [5.41, 5.74) is 4.87. The smallest absolute Gasteiger partial charge is 0.254 e. The first-order chi connectivity index (χ1) is 7.22. The Kier molecular flexibility index (Phi) is 5.42. The van der Waals surface area contributed by atoms with Crippen LogP contribution in [0.1, 0.15) is 34.1 Å². The molecule has 16 heavy (non-hydrogen) atoms. The SMILES string of the molecule is CCC(C)(OC)C(=O)N(C)CC(C)(C)CN. The van der Waals surface area contributed by atoms with Gasteiger partial charge in [0.05, 0.1) is 0 Å². The Balaban J connectivity index is 4.62. The summed E-state index contributed by atoms with van der Waals surface area (Å²) in [5.74, 6) is 0.0130. The number of likely N-dealkylation sites (N-methyl/N-ethyl adjacent to an activating group) is 1. The van der Waals surface area contributed by atoms with Crippen LogP contribution in [0.25, 0.3) is 0 Å². The number of carbonyl (C=O) groups excluding carboxylic acids is 1. The zero-order valence-electron chi connectivity index (χ0n) is 11.5. The number of hydrogen-bond acceptors (Lipinski definition) is 3. The normalized spacial score (nSPS) is 15.7. The Morgan fingerprint density at radius 2 is 1.88 bits per heavy atom. The summed E-state index contributed by atoms with van der Waals surface area (Å²) in [6.07, 6.45) is 0.662. The number of amides is 1. The molecule has 0 aromatic rings. The second kappa shape index (κ2) is 5.64. The van der Waals surface area contributed by atoms with E-state index < -0.39 is 5.60 Å². The molecular weight excluding hydrogens is 204 g/mol. The van der Waals surface area contributed by atoms with Crippen molar-refractivity contribution >= 4 is 5.91 Å². The summed E-state index contributed by atoms with van der Waals surface area (Å²) in [6, 6.07) is 0. The summed E-state index contributed by atoms with van der Waals surface area (Å²) in [5, 5.41) is 0. The summed E-state index contributed by atoms with van der Waals surface area (Å²) in [6.45, 7) is 9.06. The van der Waals surface area contributed by atoms with Gasteiger partial charge in [0.2, 0.25) is 0 Å². The molecule has 4 heteroatoms. The van der Waals surface area contributed by atoms with Gasteiger partial charge >= 0.3 is 0 Å². The fraction of sp³-hybridized carbons (Fsp3) is 0.917. The molecule has 0 bridgehead atoms. The molecule has 4 nitrogen and oxygen atoms in total. The van der Waals surface area contributed by atoms with Crippen LogP contribution >= 0.6 is 0 Å². The Labute approximate surface area is 99.1 Å². The highest BCUT2D eigenvalue weighted by atomic mass is 16.5. The molecule has 0 aliphatic carbocycles. The molecule has 0 aromatic carbocycles. The number of rotatable bonds is 6. The van der Waals surface area contributed by atoms with Crippen LogP contribution in [0.5, 0.6) is 0 Å². The number of hydrogen-bond donors (Lipinski definition) is 1. The Morgan fingerprint density at radius 1 is 1.38 bits per heavy atom. The standard InChI is InChI=1S/C12H26N2O2/c1-7-12(4,16-6)10(15)14(5)9-11(2,3)8-13/h7-9,13H2,1-6H3. The Morgan fingerprint density at radius 3 is 2.19 bits per heavy atom. The van der Waals surface area contributed by atoms with Gasteiger partial charge in [0, 0.05) is 20.7 Å². The first-order valence-corrected chi connectivity index (χ1v) is 5.73. The van der Waals surface area contributed by atoms with E-state index >= 15 is 0 Å². The number of nitrogens with two attached hydrogens (primary N) is 1. The van der Waals surface area contributed by atoms with E-state index in [-0.39, 0.29) is 11.3 Å². The monoisotopic (exact) mass is 230 g/mol. The maximum atomic E-state index is 12.2. The lowest BCUT2D eigenvalue weighted by atomic mass is 9.92. The van der Waals surface area contributed by atoms with Crippen molar-refractivity contribution in [1.82, 2.24) is 4.90 Å². The molecular formula is C12H26N2O2. The molecule has 96 valence electrons. The minimum atomic E-state index is -0.723.